The zero-order valence-electron chi connectivity index (χ0n) is 13.2. The molecule has 0 saturated heterocycles. The van der Waals surface area contributed by atoms with Gasteiger partial charge in [0, 0.05) is 24.8 Å². The Kier molecular flexibility index (Phi) is 5.41. The lowest BCUT2D eigenvalue weighted by Gasteiger charge is -2.17. The van der Waals surface area contributed by atoms with Crippen molar-refractivity contribution in [3.8, 4) is 0 Å². The molecule has 6 nitrogen and oxygen atoms in total. The van der Waals surface area contributed by atoms with Crippen LogP contribution in [0.15, 0.2) is 30.5 Å². The lowest BCUT2D eigenvalue weighted by molar-refractivity contribution is 0.101. The van der Waals surface area contributed by atoms with E-state index in [0.29, 0.717) is 11.5 Å². The van der Waals surface area contributed by atoms with E-state index < -0.39 is 0 Å². The van der Waals surface area contributed by atoms with Crippen molar-refractivity contribution in [3.05, 3.63) is 36.0 Å². The van der Waals surface area contributed by atoms with Crippen LogP contribution < -0.4 is 10.2 Å². The summed E-state index contributed by atoms with van der Waals surface area (Å²) in [6, 6.07) is 7.20. The highest BCUT2D eigenvalue weighted by atomic mass is 16.1. The van der Waals surface area contributed by atoms with Gasteiger partial charge in [-0.25, -0.2) is 0 Å². The number of rotatable bonds is 7. The second kappa shape index (κ2) is 7.49. The number of anilines is 3. The molecule has 0 saturated carbocycles. The van der Waals surface area contributed by atoms with Gasteiger partial charge in [-0.15, -0.1) is 5.10 Å². The summed E-state index contributed by atoms with van der Waals surface area (Å²) in [5.41, 5.74) is 1.50. The van der Waals surface area contributed by atoms with Crippen molar-refractivity contribution in [2.75, 3.05) is 23.8 Å². The molecule has 0 spiro atoms. The summed E-state index contributed by atoms with van der Waals surface area (Å²) in [5, 5.41) is 11.1. The van der Waals surface area contributed by atoms with Crippen molar-refractivity contribution in [1.29, 1.82) is 0 Å². The van der Waals surface area contributed by atoms with Gasteiger partial charge in [-0.1, -0.05) is 13.3 Å². The Hall–Kier alpha value is -2.50. The van der Waals surface area contributed by atoms with Crippen LogP contribution in [0.4, 0.5) is 17.5 Å². The Bertz CT molecular complexity index is 627. The number of Topliss-reactive ketones (excluding diaryl/α,β-unsaturated/α-hetero) is 1. The second-order valence-corrected chi connectivity index (χ2v) is 5.17. The van der Waals surface area contributed by atoms with Crippen LogP contribution >= 0.6 is 0 Å². The highest BCUT2D eigenvalue weighted by Crippen LogP contribution is 2.16. The van der Waals surface area contributed by atoms with E-state index in [9.17, 15) is 4.79 Å². The molecular formula is C16H21N5O. The van der Waals surface area contributed by atoms with Crippen LogP contribution in [0.2, 0.25) is 0 Å². The number of nitrogens with zero attached hydrogens (tertiary/aromatic N) is 4. The number of carbonyl (C=O) groups is 1. The van der Waals surface area contributed by atoms with E-state index in [-0.39, 0.29) is 5.78 Å². The molecule has 1 aromatic heterocycles. The van der Waals surface area contributed by atoms with Crippen LogP contribution in [-0.2, 0) is 0 Å². The van der Waals surface area contributed by atoms with Crippen LogP contribution in [0.25, 0.3) is 0 Å². The van der Waals surface area contributed by atoms with Crippen molar-refractivity contribution in [2.24, 2.45) is 0 Å². The summed E-state index contributed by atoms with van der Waals surface area (Å²) in [6.45, 7) is 4.64. The summed E-state index contributed by atoms with van der Waals surface area (Å²) in [4.78, 5) is 17.8. The largest absolute Gasteiger partial charge is 0.358 e. The summed E-state index contributed by atoms with van der Waals surface area (Å²) in [6.07, 6.45) is 3.89. The Morgan fingerprint density at radius 1 is 1.27 bits per heavy atom. The van der Waals surface area contributed by atoms with Gasteiger partial charge in [0.2, 0.25) is 5.95 Å². The first kappa shape index (κ1) is 15.9. The number of unbranched alkanes of at least 4 members (excludes halogenated alkanes) is 1. The number of hydrogen-bond donors (Lipinski definition) is 1. The molecule has 0 radical (unpaired) electrons. The van der Waals surface area contributed by atoms with E-state index in [1.165, 1.54) is 0 Å². The van der Waals surface area contributed by atoms with Crippen LogP contribution in [0.3, 0.4) is 0 Å². The fraction of sp³-hybridized carbons (Fsp3) is 0.375. The zero-order chi connectivity index (χ0) is 15.9. The molecule has 0 fully saturated rings. The third kappa shape index (κ3) is 4.25. The number of carbonyl (C=O) groups excluding carboxylic acids is 1. The molecule has 1 N–H and O–H groups in total. The molecule has 116 valence electrons. The number of hydrogen-bond acceptors (Lipinski definition) is 6. The molecule has 2 rings (SSSR count). The smallest absolute Gasteiger partial charge is 0.249 e. The molecule has 0 aliphatic carbocycles. The normalized spacial score (nSPS) is 10.3. The Balaban J connectivity index is 2.08. The number of benzene rings is 1. The van der Waals surface area contributed by atoms with E-state index in [1.54, 1.807) is 25.3 Å². The average Bonchev–Trinajstić information content (AvgIpc) is 2.53. The summed E-state index contributed by atoms with van der Waals surface area (Å²) in [7, 11) is 1.99. The van der Waals surface area contributed by atoms with Gasteiger partial charge >= 0.3 is 0 Å². The summed E-state index contributed by atoms with van der Waals surface area (Å²) < 4.78 is 0. The zero-order valence-corrected chi connectivity index (χ0v) is 13.2. The van der Waals surface area contributed by atoms with Gasteiger partial charge in [-0.3, -0.25) is 4.79 Å². The van der Waals surface area contributed by atoms with E-state index in [2.05, 4.69) is 32.3 Å². The van der Waals surface area contributed by atoms with E-state index in [1.807, 2.05) is 19.2 Å². The highest BCUT2D eigenvalue weighted by Gasteiger charge is 2.06. The Morgan fingerprint density at radius 3 is 2.64 bits per heavy atom. The lowest BCUT2D eigenvalue weighted by atomic mass is 10.1. The fourth-order valence-corrected chi connectivity index (χ4v) is 1.96. The summed E-state index contributed by atoms with van der Waals surface area (Å²) in [5.74, 6) is 1.27. The lowest BCUT2D eigenvalue weighted by Crippen LogP contribution is -2.20. The molecule has 0 unspecified atom stereocenters. The van der Waals surface area contributed by atoms with Crippen LogP contribution in [-0.4, -0.2) is 34.6 Å². The molecule has 0 bridgehead atoms. The van der Waals surface area contributed by atoms with Crippen molar-refractivity contribution in [2.45, 2.75) is 26.7 Å². The van der Waals surface area contributed by atoms with E-state index >= 15 is 0 Å². The van der Waals surface area contributed by atoms with Crippen LogP contribution in [0.5, 0.6) is 0 Å². The third-order valence-electron chi connectivity index (χ3n) is 3.33. The maximum Gasteiger partial charge on any atom is 0.249 e. The van der Waals surface area contributed by atoms with Gasteiger partial charge in [0.15, 0.2) is 11.6 Å². The Labute approximate surface area is 130 Å². The monoisotopic (exact) mass is 299 g/mol. The van der Waals surface area contributed by atoms with Crippen LogP contribution in [0, 0.1) is 0 Å². The van der Waals surface area contributed by atoms with Gasteiger partial charge in [0.25, 0.3) is 0 Å². The van der Waals surface area contributed by atoms with Crippen LogP contribution in [0.1, 0.15) is 37.0 Å². The first-order valence-corrected chi connectivity index (χ1v) is 7.39. The number of aromatic nitrogens is 3. The predicted molar refractivity (Wildman–Crippen MR) is 87.7 cm³/mol. The molecule has 0 aliphatic heterocycles. The molecule has 1 aromatic carbocycles. The molecule has 6 heteroatoms. The topological polar surface area (TPSA) is 71.0 Å². The third-order valence-corrected chi connectivity index (χ3v) is 3.33. The molecule has 0 atom stereocenters. The SMILES string of the molecule is CCCCN(C)c1cnnc(Nc2ccc(C(C)=O)cc2)n1. The Morgan fingerprint density at radius 2 is 2.00 bits per heavy atom. The molecule has 2 aromatic rings. The summed E-state index contributed by atoms with van der Waals surface area (Å²) >= 11 is 0. The van der Waals surface area contributed by atoms with Crippen molar-refractivity contribution in [1.82, 2.24) is 15.2 Å². The molecule has 0 amide bonds. The highest BCUT2D eigenvalue weighted by molar-refractivity contribution is 5.94. The fourth-order valence-electron chi connectivity index (χ4n) is 1.96. The van der Waals surface area contributed by atoms with Gasteiger partial charge in [-0.2, -0.15) is 10.1 Å². The van der Waals surface area contributed by atoms with E-state index in [0.717, 1.165) is 30.9 Å². The average molecular weight is 299 g/mol. The van der Waals surface area contributed by atoms with Gasteiger partial charge < -0.3 is 10.2 Å². The van der Waals surface area contributed by atoms with Crippen molar-refractivity contribution < 1.29 is 4.79 Å². The van der Waals surface area contributed by atoms with Gasteiger partial charge in [0.05, 0.1) is 6.20 Å². The number of ketones is 1. The molecular weight excluding hydrogens is 278 g/mol. The minimum atomic E-state index is 0.0454. The predicted octanol–water partition coefficient (Wildman–Crippen LogP) is 3.05. The van der Waals surface area contributed by atoms with Gasteiger partial charge in [-0.05, 0) is 37.6 Å². The maximum atomic E-state index is 11.3. The van der Waals surface area contributed by atoms with Gasteiger partial charge in [0.1, 0.15) is 0 Å². The number of nitrogens with one attached hydrogen (secondary N) is 1. The van der Waals surface area contributed by atoms with Crippen molar-refractivity contribution >= 4 is 23.2 Å². The quantitative estimate of drug-likeness (QED) is 0.792. The standard InChI is InChI=1S/C16H21N5O/c1-4-5-10-21(3)15-11-17-20-16(19-15)18-14-8-6-13(7-9-14)12(2)22/h6-9,11H,4-5,10H2,1-3H3,(H,18,19,20). The first-order valence-electron chi connectivity index (χ1n) is 7.39. The molecule has 22 heavy (non-hydrogen) atoms. The first-order chi connectivity index (χ1) is 10.6. The van der Waals surface area contributed by atoms with Crippen molar-refractivity contribution in [3.63, 3.8) is 0 Å². The minimum Gasteiger partial charge on any atom is -0.358 e. The van der Waals surface area contributed by atoms with E-state index in [4.69, 9.17) is 0 Å². The maximum absolute atomic E-state index is 11.3. The second-order valence-electron chi connectivity index (χ2n) is 5.17. The molecule has 0 aliphatic rings. The molecule has 1 heterocycles. The minimum absolute atomic E-state index is 0.0454.